The van der Waals surface area contributed by atoms with E-state index in [1.807, 2.05) is 27.7 Å². The number of carbonyl (C=O) groups excluding carboxylic acids is 2. The fourth-order valence-corrected chi connectivity index (χ4v) is 1.85. The van der Waals surface area contributed by atoms with Crippen molar-refractivity contribution in [3.05, 3.63) is 0 Å². The second kappa shape index (κ2) is 10.4. The molecule has 0 aliphatic rings. The van der Waals surface area contributed by atoms with E-state index in [4.69, 9.17) is 14.9 Å². The first-order chi connectivity index (χ1) is 9.78. The van der Waals surface area contributed by atoms with Gasteiger partial charge in [-0.05, 0) is 26.2 Å². The number of alkyl carbamates (subject to hydrolysis) is 1. The standard InChI is InChI=1S/C14H28N2O5/c1-9(2)5-11(6-13(19)15-10(3)4)16-14(20)21-12(7-17)8-18/h9-12,17-18H,5-8H2,1-4H3,(H,15,19)(H,16,20). The first-order valence-electron chi connectivity index (χ1n) is 7.26. The van der Waals surface area contributed by atoms with Crippen molar-refractivity contribution in [2.24, 2.45) is 5.92 Å². The molecule has 0 aromatic heterocycles. The van der Waals surface area contributed by atoms with Gasteiger partial charge in [-0.2, -0.15) is 0 Å². The number of hydrogen-bond donors (Lipinski definition) is 4. The lowest BCUT2D eigenvalue weighted by Gasteiger charge is -2.22. The monoisotopic (exact) mass is 304 g/mol. The number of rotatable bonds is 9. The van der Waals surface area contributed by atoms with E-state index in [-0.39, 0.29) is 24.4 Å². The molecule has 0 saturated carbocycles. The number of carbonyl (C=O) groups is 2. The van der Waals surface area contributed by atoms with Crippen LogP contribution in [-0.2, 0) is 9.53 Å². The molecule has 0 rings (SSSR count). The van der Waals surface area contributed by atoms with Crippen LogP contribution >= 0.6 is 0 Å². The lowest BCUT2D eigenvalue weighted by atomic mass is 10.0. The van der Waals surface area contributed by atoms with Crippen molar-refractivity contribution in [2.75, 3.05) is 13.2 Å². The summed E-state index contributed by atoms with van der Waals surface area (Å²) in [5, 5.41) is 23.1. The Morgan fingerprint density at radius 3 is 2.05 bits per heavy atom. The van der Waals surface area contributed by atoms with Gasteiger partial charge in [-0.15, -0.1) is 0 Å². The maximum Gasteiger partial charge on any atom is 0.407 e. The van der Waals surface area contributed by atoms with Gasteiger partial charge in [0.25, 0.3) is 0 Å². The van der Waals surface area contributed by atoms with Gasteiger partial charge in [0.05, 0.1) is 13.2 Å². The van der Waals surface area contributed by atoms with Gasteiger partial charge in [0.2, 0.25) is 5.91 Å². The van der Waals surface area contributed by atoms with Crippen molar-refractivity contribution in [3.8, 4) is 0 Å². The normalized spacial score (nSPS) is 12.6. The first-order valence-corrected chi connectivity index (χ1v) is 7.26. The molecule has 0 aliphatic carbocycles. The van der Waals surface area contributed by atoms with E-state index in [1.165, 1.54) is 0 Å². The van der Waals surface area contributed by atoms with Gasteiger partial charge in [0.1, 0.15) is 6.10 Å². The van der Waals surface area contributed by atoms with Crippen LogP contribution in [-0.4, -0.2) is 53.6 Å². The molecule has 0 spiro atoms. The zero-order chi connectivity index (χ0) is 16.4. The Hall–Kier alpha value is -1.34. The van der Waals surface area contributed by atoms with Crippen molar-refractivity contribution < 1.29 is 24.5 Å². The molecule has 0 bridgehead atoms. The van der Waals surface area contributed by atoms with Crippen molar-refractivity contribution in [1.82, 2.24) is 10.6 Å². The Morgan fingerprint density at radius 2 is 1.62 bits per heavy atom. The molecular formula is C14H28N2O5. The molecule has 2 amide bonds. The van der Waals surface area contributed by atoms with Crippen molar-refractivity contribution in [2.45, 2.75) is 58.7 Å². The average molecular weight is 304 g/mol. The minimum atomic E-state index is -0.950. The molecule has 4 N–H and O–H groups in total. The largest absolute Gasteiger partial charge is 0.441 e. The summed E-state index contributed by atoms with van der Waals surface area (Å²) in [7, 11) is 0. The maximum atomic E-state index is 11.8. The highest BCUT2D eigenvalue weighted by molar-refractivity contribution is 5.77. The second-order valence-electron chi connectivity index (χ2n) is 5.79. The van der Waals surface area contributed by atoms with Crippen molar-refractivity contribution in [1.29, 1.82) is 0 Å². The average Bonchev–Trinajstić information content (AvgIpc) is 2.33. The molecule has 7 heteroatoms. The summed E-state index contributed by atoms with van der Waals surface area (Å²) in [4.78, 5) is 23.5. The molecule has 0 heterocycles. The summed E-state index contributed by atoms with van der Waals surface area (Å²) in [5.41, 5.74) is 0. The van der Waals surface area contributed by atoms with Gasteiger partial charge in [-0.1, -0.05) is 13.8 Å². The van der Waals surface area contributed by atoms with Gasteiger partial charge in [0, 0.05) is 18.5 Å². The third kappa shape index (κ3) is 10.1. The molecule has 124 valence electrons. The quantitative estimate of drug-likeness (QED) is 0.493. The smallest absolute Gasteiger partial charge is 0.407 e. The predicted molar refractivity (Wildman–Crippen MR) is 78.7 cm³/mol. The second-order valence-corrected chi connectivity index (χ2v) is 5.79. The van der Waals surface area contributed by atoms with Crippen LogP contribution in [0.25, 0.3) is 0 Å². The summed E-state index contributed by atoms with van der Waals surface area (Å²) < 4.78 is 4.84. The Bertz CT molecular complexity index is 316. The number of nitrogens with one attached hydrogen (secondary N) is 2. The molecule has 7 nitrogen and oxygen atoms in total. The van der Waals surface area contributed by atoms with Gasteiger partial charge in [0.15, 0.2) is 0 Å². The Kier molecular flexibility index (Phi) is 9.73. The van der Waals surface area contributed by atoms with Crippen molar-refractivity contribution in [3.63, 3.8) is 0 Å². The molecule has 0 aromatic carbocycles. The molecule has 0 aromatic rings. The maximum absolute atomic E-state index is 11.8. The molecule has 1 unspecified atom stereocenters. The van der Waals surface area contributed by atoms with Gasteiger partial charge < -0.3 is 25.6 Å². The topological polar surface area (TPSA) is 108 Å². The highest BCUT2D eigenvalue weighted by atomic mass is 16.6. The number of aliphatic hydroxyl groups is 2. The highest BCUT2D eigenvalue weighted by Gasteiger charge is 2.20. The minimum Gasteiger partial charge on any atom is -0.441 e. The highest BCUT2D eigenvalue weighted by Crippen LogP contribution is 2.09. The van der Waals surface area contributed by atoms with Gasteiger partial charge in [-0.3, -0.25) is 4.79 Å². The Labute approximate surface area is 126 Å². The fourth-order valence-electron chi connectivity index (χ4n) is 1.85. The molecule has 21 heavy (non-hydrogen) atoms. The summed E-state index contributed by atoms with van der Waals surface area (Å²) in [6.45, 7) is 6.81. The van der Waals surface area contributed by atoms with Crippen LogP contribution in [0, 0.1) is 5.92 Å². The Balaban J connectivity index is 4.47. The number of amides is 2. The zero-order valence-electron chi connectivity index (χ0n) is 13.3. The molecule has 0 aliphatic heterocycles. The predicted octanol–water partition coefficient (Wildman–Crippen LogP) is 0.395. The molecule has 0 radical (unpaired) electrons. The zero-order valence-corrected chi connectivity index (χ0v) is 13.3. The number of hydrogen-bond acceptors (Lipinski definition) is 5. The van der Waals surface area contributed by atoms with Crippen LogP contribution in [0.4, 0.5) is 4.79 Å². The third-order valence-corrected chi connectivity index (χ3v) is 2.64. The molecule has 0 fully saturated rings. The summed E-state index contributed by atoms with van der Waals surface area (Å²) >= 11 is 0. The van der Waals surface area contributed by atoms with Crippen LogP contribution < -0.4 is 10.6 Å². The van der Waals surface area contributed by atoms with Crippen molar-refractivity contribution >= 4 is 12.0 Å². The lowest BCUT2D eigenvalue weighted by Crippen LogP contribution is -2.43. The molecular weight excluding hydrogens is 276 g/mol. The minimum absolute atomic E-state index is 0.0392. The van der Waals surface area contributed by atoms with Crippen LogP contribution in [0.2, 0.25) is 0 Å². The van der Waals surface area contributed by atoms with Crippen LogP contribution in [0.5, 0.6) is 0 Å². The van der Waals surface area contributed by atoms with Gasteiger partial charge >= 0.3 is 6.09 Å². The van der Waals surface area contributed by atoms with E-state index in [0.29, 0.717) is 12.3 Å². The van der Waals surface area contributed by atoms with Gasteiger partial charge in [-0.25, -0.2) is 4.79 Å². The SMILES string of the molecule is CC(C)CC(CC(=O)NC(C)C)NC(=O)OC(CO)CO. The lowest BCUT2D eigenvalue weighted by molar-refractivity contribution is -0.122. The summed E-state index contributed by atoms with van der Waals surface area (Å²) in [6.07, 6.45) is -0.905. The summed E-state index contributed by atoms with van der Waals surface area (Å²) in [5.74, 6) is 0.158. The van der Waals surface area contributed by atoms with E-state index in [1.54, 1.807) is 0 Å². The summed E-state index contributed by atoms with van der Waals surface area (Å²) in [6, 6.07) is -0.313. The van der Waals surface area contributed by atoms with E-state index in [2.05, 4.69) is 10.6 Å². The van der Waals surface area contributed by atoms with E-state index in [9.17, 15) is 9.59 Å². The van der Waals surface area contributed by atoms with E-state index >= 15 is 0 Å². The van der Waals surface area contributed by atoms with Crippen LogP contribution in [0.1, 0.15) is 40.5 Å². The molecule has 0 saturated heterocycles. The van der Waals surface area contributed by atoms with E-state index in [0.717, 1.165) is 0 Å². The van der Waals surface area contributed by atoms with Crippen LogP contribution in [0.15, 0.2) is 0 Å². The molecule has 1 atom stereocenters. The Morgan fingerprint density at radius 1 is 1.05 bits per heavy atom. The van der Waals surface area contributed by atoms with E-state index < -0.39 is 25.4 Å². The van der Waals surface area contributed by atoms with Crippen LogP contribution in [0.3, 0.4) is 0 Å². The number of aliphatic hydroxyl groups excluding tert-OH is 2. The first kappa shape index (κ1) is 19.7. The fraction of sp³-hybridized carbons (Fsp3) is 0.857. The third-order valence-electron chi connectivity index (χ3n) is 2.64. The number of ether oxygens (including phenoxy) is 1.